The topological polar surface area (TPSA) is 20.3 Å². The molecule has 2 nitrogen and oxygen atoms in total. The van der Waals surface area contributed by atoms with Crippen LogP contribution in [0, 0.1) is 0 Å². The lowest BCUT2D eigenvalue weighted by Crippen LogP contribution is -2.19. The van der Waals surface area contributed by atoms with E-state index in [0.717, 1.165) is 22.1 Å². The fourth-order valence-corrected chi connectivity index (χ4v) is 2.50. The zero-order chi connectivity index (χ0) is 13.9. The van der Waals surface area contributed by atoms with E-state index in [1.807, 2.05) is 72.8 Å². The van der Waals surface area contributed by atoms with Crippen LogP contribution in [0.2, 0.25) is 0 Å². The van der Waals surface area contributed by atoms with Crippen LogP contribution >= 0.6 is 11.6 Å². The van der Waals surface area contributed by atoms with E-state index < -0.39 is 5.37 Å². The van der Waals surface area contributed by atoms with E-state index in [4.69, 9.17) is 11.6 Å². The molecule has 3 aromatic rings. The molecule has 0 bridgehead atoms. The van der Waals surface area contributed by atoms with Gasteiger partial charge in [-0.1, -0.05) is 54.6 Å². The number of nitrogens with zero attached hydrogens (tertiary/aromatic N) is 1. The Bertz CT molecular complexity index is 750. The fourth-order valence-electron chi connectivity index (χ4n) is 2.32. The van der Waals surface area contributed by atoms with Crippen molar-refractivity contribution < 1.29 is 4.79 Å². The van der Waals surface area contributed by atoms with Crippen molar-refractivity contribution in [2.45, 2.75) is 0 Å². The van der Waals surface area contributed by atoms with Gasteiger partial charge < -0.3 is 0 Å². The van der Waals surface area contributed by atoms with Gasteiger partial charge in [0, 0.05) is 5.39 Å². The summed E-state index contributed by atoms with van der Waals surface area (Å²) in [7, 11) is 0. The first-order valence-corrected chi connectivity index (χ1v) is 6.67. The van der Waals surface area contributed by atoms with Crippen molar-refractivity contribution in [3.8, 4) is 0 Å². The van der Waals surface area contributed by atoms with Crippen LogP contribution in [0.25, 0.3) is 10.8 Å². The third kappa shape index (κ3) is 2.26. The van der Waals surface area contributed by atoms with Crippen molar-refractivity contribution in [1.29, 1.82) is 0 Å². The van der Waals surface area contributed by atoms with E-state index in [1.165, 1.54) is 4.90 Å². The molecule has 0 heterocycles. The van der Waals surface area contributed by atoms with Gasteiger partial charge in [0.1, 0.15) is 0 Å². The molecule has 0 saturated carbocycles. The van der Waals surface area contributed by atoms with Gasteiger partial charge in [-0.2, -0.15) is 0 Å². The van der Waals surface area contributed by atoms with E-state index in [0.29, 0.717) is 0 Å². The van der Waals surface area contributed by atoms with Crippen LogP contribution in [0.1, 0.15) is 0 Å². The van der Waals surface area contributed by atoms with Gasteiger partial charge in [0.15, 0.2) is 0 Å². The summed E-state index contributed by atoms with van der Waals surface area (Å²) >= 11 is 5.80. The molecule has 20 heavy (non-hydrogen) atoms. The Kier molecular flexibility index (Phi) is 3.40. The maximum atomic E-state index is 11.9. The van der Waals surface area contributed by atoms with Crippen molar-refractivity contribution in [3.63, 3.8) is 0 Å². The van der Waals surface area contributed by atoms with Crippen LogP contribution in [0.3, 0.4) is 0 Å². The second-order valence-corrected chi connectivity index (χ2v) is 4.75. The highest BCUT2D eigenvalue weighted by Gasteiger charge is 2.17. The molecule has 0 aromatic heterocycles. The van der Waals surface area contributed by atoms with Gasteiger partial charge >= 0.3 is 5.37 Å². The Balaban J connectivity index is 2.23. The molecule has 0 N–H and O–H groups in total. The minimum atomic E-state index is -0.521. The molecule has 0 saturated heterocycles. The second kappa shape index (κ2) is 5.35. The molecular weight excluding hydrogens is 270 g/mol. The van der Waals surface area contributed by atoms with Crippen molar-refractivity contribution in [3.05, 3.63) is 72.8 Å². The number of hydrogen-bond donors (Lipinski definition) is 0. The predicted octanol–water partition coefficient (Wildman–Crippen LogP) is 5.34. The first-order valence-electron chi connectivity index (χ1n) is 6.30. The van der Waals surface area contributed by atoms with Gasteiger partial charge in [0.25, 0.3) is 0 Å². The summed E-state index contributed by atoms with van der Waals surface area (Å²) in [5.74, 6) is 0. The van der Waals surface area contributed by atoms with Gasteiger partial charge in [0.2, 0.25) is 0 Å². The lowest BCUT2D eigenvalue weighted by atomic mass is 10.1. The summed E-state index contributed by atoms with van der Waals surface area (Å²) in [5, 5.41) is 1.55. The second-order valence-electron chi connectivity index (χ2n) is 4.42. The van der Waals surface area contributed by atoms with Gasteiger partial charge in [-0.15, -0.1) is 0 Å². The molecule has 0 spiro atoms. The number of carbonyl (C=O) groups is 1. The standard InChI is InChI=1S/C17H12ClNO/c18-17(20)19(14-9-2-1-3-10-14)16-12-6-8-13-7-4-5-11-15(13)16/h1-12H. The Morgan fingerprint density at radius 1 is 0.800 bits per heavy atom. The average molecular weight is 282 g/mol. The third-order valence-electron chi connectivity index (χ3n) is 3.20. The molecule has 3 heteroatoms. The molecule has 0 radical (unpaired) electrons. The van der Waals surface area contributed by atoms with Crippen LogP contribution in [0.5, 0.6) is 0 Å². The molecule has 1 amide bonds. The quantitative estimate of drug-likeness (QED) is 0.459. The summed E-state index contributed by atoms with van der Waals surface area (Å²) in [6.07, 6.45) is 0. The van der Waals surface area contributed by atoms with Gasteiger partial charge in [-0.3, -0.25) is 9.69 Å². The van der Waals surface area contributed by atoms with Gasteiger partial charge in [0.05, 0.1) is 11.4 Å². The van der Waals surface area contributed by atoms with Crippen LogP contribution in [0.4, 0.5) is 16.2 Å². The molecule has 3 rings (SSSR count). The maximum Gasteiger partial charge on any atom is 0.325 e. The highest BCUT2D eigenvalue weighted by atomic mass is 35.5. The maximum absolute atomic E-state index is 11.9. The monoisotopic (exact) mass is 281 g/mol. The Morgan fingerprint density at radius 3 is 2.20 bits per heavy atom. The number of carbonyl (C=O) groups excluding carboxylic acids is 1. The number of hydrogen-bond acceptors (Lipinski definition) is 1. The van der Waals surface area contributed by atoms with E-state index in [9.17, 15) is 4.79 Å². The lowest BCUT2D eigenvalue weighted by molar-refractivity contribution is 0.266. The van der Waals surface area contributed by atoms with Crippen LogP contribution < -0.4 is 4.90 Å². The SMILES string of the molecule is O=C(Cl)N(c1ccccc1)c1cccc2ccccc12. The fraction of sp³-hybridized carbons (Fsp3) is 0. The third-order valence-corrected chi connectivity index (χ3v) is 3.37. The smallest absolute Gasteiger partial charge is 0.267 e. The molecule has 0 aliphatic carbocycles. The number of rotatable bonds is 2. The van der Waals surface area contributed by atoms with Crippen LogP contribution in [-0.4, -0.2) is 5.37 Å². The van der Waals surface area contributed by atoms with Gasteiger partial charge in [-0.05, 0) is 35.2 Å². The number of benzene rings is 3. The highest BCUT2D eigenvalue weighted by Crippen LogP contribution is 2.33. The summed E-state index contributed by atoms with van der Waals surface area (Å²) in [5.41, 5.74) is 1.54. The summed E-state index contributed by atoms with van der Waals surface area (Å²) in [4.78, 5) is 13.4. The number of fused-ring (bicyclic) bond motifs is 1. The van der Waals surface area contributed by atoms with E-state index in [2.05, 4.69) is 0 Å². The van der Waals surface area contributed by atoms with E-state index in [1.54, 1.807) is 0 Å². The van der Waals surface area contributed by atoms with Crippen molar-refractivity contribution >= 4 is 39.1 Å². The van der Waals surface area contributed by atoms with E-state index in [-0.39, 0.29) is 0 Å². The summed E-state index contributed by atoms with van der Waals surface area (Å²) in [6.45, 7) is 0. The molecule has 0 unspecified atom stereocenters. The minimum Gasteiger partial charge on any atom is -0.267 e. The largest absolute Gasteiger partial charge is 0.325 e. The first kappa shape index (κ1) is 12.7. The number of halogens is 1. The Hall–Kier alpha value is -2.32. The van der Waals surface area contributed by atoms with Gasteiger partial charge in [-0.25, -0.2) is 0 Å². The minimum absolute atomic E-state index is 0.521. The molecule has 0 fully saturated rings. The molecule has 3 aromatic carbocycles. The van der Waals surface area contributed by atoms with Crippen LogP contribution in [0.15, 0.2) is 72.8 Å². The zero-order valence-corrected chi connectivity index (χ0v) is 11.4. The number of anilines is 2. The van der Waals surface area contributed by atoms with Crippen LogP contribution in [-0.2, 0) is 0 Å². The summed E-state index contributed by atoms with van der Waals surface area (Å²) < 4.78 is 0. The van der Waals surface area contributed by atoms with E-state index >= 15 is 0 Å². The highest BCUT2D eigenvalue weighted by molar-refractivity contribution is 6.67. The number of amides is 1. The molecular formula is C17H12ClNO. The molecule has 0 atom stereocenters. The Labute approximate surface area is 122 Å². The van der Waals surface area contributed by atoms with Crippen molar-refractivity contribution in [2.75, 3.05) is 4.90 Å². The predicted molar refractivity (Wildman–Crippen MR) is 83.8 cm³/mol. The molecule has 98 valence electrons. The summed E-state index contributed by atoms with van der Waals surface area (Å²) in [6, 6.07) is 23.2. The lowest BCUT2D eigenvalue weighted by Gasteiger charge is -2.21. The normalized spacial score (nSPS) is 10.4. The number of para-hydroxylation sites is 1. The Morgan fingerprint density at radius 2 is 1.45 bits per heavy atom. The zero-order valence-electron chi connectivity index (χ0n) is 10.7. The van der Waals surface area contributed by atoms with Crippen molar-refractivity contribution in [1.82, 2.24) is 0 Å². The average Bonchev–Trinajstić information content (AvgIpc) is 2.48. The molecule has 0 aliphatic heterocycles. The molecule has 0 aliphatic rings. The first-order chi connectivity index (χ1) is 9.77. The van der Waals surface area contributed by atoms with Crippen molar-refractivity contribution in [2.24, 2.45) is 0 Å².